The molecule has 3 fully saturated rings. The standard InChI is InChI=1S/C15H20O5/c1-7(2)8(3)16-10-9(4)17-12-11(10)18-14-13(12)19-15(5,6)20-14/h10-14H,1,3-4H2,2,5-6H3/t10?,11-,12+,13-,14-/m1/s1. The third kappa shape index (κ3) is 2.06. The highest BCUT2D eigenvalue weighted by Gasteiger charge is 2.62. The molecule has 3 heterocycles. The van der Waals surface area contributed by atoms with E-state index in [4.69, 9.17) is 23.7 Å². The molecule has 0 spiro atoms. The molecule has 0 saturated carbocycles. The van der Waals surface area contributed by atoms with Crippen LogP contribution in [0.25, 0.3) is 0 Å². The normalized spacial score (nSPS) is 41.0. The first-order chi connectivity index (χ1) is 9.28. The lowest BCUT2D eigenvalue weighted by atomic mass is 10.1. The minimum atomic E-state index is -0.661. The summed E-state index contributed by atoms with van der Waals surface area (Å²) >= 11 is 0. The number of hydrogen-bond acceptors (Lipinski definition) is 5. The first-order valence-corrected chi connectivity index (χ1v) is 6.66. The van der Waals surface area contributed by atoms with Gasteiger partial charge in [0.15, 0.2) is 30.4 Å². The number of rotatable bonds is 3. The van der Waals surface area contributed by atoms with Gasteiger partial charge in [0.25, 0.3) is 0 Å². The average Bonchev–Trinajstić information content (AvgIpc) is 2.88. The molecule has 110 valence electrons. The Morgan fingerprint density at radius 3 is 2.50 bits per heavy atom. The summed E-state index contributed by atoms with van der Waals surface area (Å²) < 4.78 is 28.9. The van der Waals surface area contributed by atoms with Crippen molar-refractivity contribution in [3.8, 4) is 0 Å². The zero-order valence-corrected chi connectivity index (χ0v) is 12.0. The van der Waals surface area contributed by atoms with E-state index in [0.29, 0.717) is 11.5 Å². The Bertz CT molecular complexity index is 481. The van der Waals surface area contributed by atoms with Crippen LogP contribution in [-0.2, 0) is 23.7 Å². The van der Waals surface area contributed by atoms with Crippen LogP contribution in [0.4, 0.5) is 0 Å². The maximum absolute atomic E-state index is 5.88. The molecule has 0 bridgehead atoms. The van der Waals surface area contributed by atoms with E-state index in [9.17, 15) is 0 Å². The van der Waals surface area contributed by atoms with Gasteiger partial charge < -0.3 is 23.7 Å². The van der Waals surface area contributed by atoms with Gasteiger partial charge in [-0.25, -0.2) is 0 Å². The van der Waals surface area contributed by atoms with Gasteiger partial charge in [-0.3, -0.25) is 0 Å². The van der Waals surface area contributed by atoms with E-state index in [0.717, 1.165) is 5.57 Å². The lowest BCUT2D eigenvalue weighted by Gasteiger charge is -2.23. The average molecular weight is 280 g/mol. The monoisotopic (exact) mass is 280 g/mol. The van der Waals surface area contributed by atoms with Gasteiger partial charge in [0.2, 0.25) is 0 Å². The molecule has 0 radical (unpaired) electrons. The molecule has 0 aromatic carbocycles. The van der Waals surface area contributed by atoms with Crippen molar-refractivity contribution in [3.63, 3.8) is 0 Å². The fourth-order valence-electron chi connectivity index (χ4n) is 2.69. The lowest BCUT2D eigenvalue weighted by Crippen LogP contribution is -2.36. The van der Waals surface area contributed by atoms with E-state index < -0.39 is 18.2 Å². The highest BCUT2D eigenvalue weighted by Crippen LogP contribution is 2.45. The smallest absolute Gasteiger partial charge is 0.191 e. The first-order valence-electron chi connectivity index (χ1n) is 6.66. The summed E-state index contributed by atoms with van der Waals surface area (Å²) in [4.78, 5) is 0. The van der Waals surface area contributed by atoms with Crippen LogP contribution in [0.3, 0.4) is 0 Å². The van der Waals surface area contributed by atoms with E-state index in [-0.39, 0.29) is 18.3 Å². The molecule has 5 heteroatoms. The van der Waals surface area contributed by atoms with Crippen molar-refractivity contribution in [1.82, 2.24) is 0 Å². The Balaban J connectivity index is 1.74. The van der Waals surface area contributed by atoms with Gasteiger partial charge in [0, 0.05) is 0 Å². The summed E-state index contributed by atoms with van der Waals surface area (Å²) in [5.41, 5.74) is 0.757. The minimum absolute atomic E-state index is 0.265. The van der Waals surface area contributed by atoms with Crippen molar-refractivity contribution in [2.24, 2.45) is 0 Å². The highest BCUT2D eigenvalue weighted by atomic mass is 16.8. The van der Waals surface area contributed by atoms with Crippen LogP contribution in [0, 0.1) is 0 Å². The van der Waals surface area contributed by atoms with Gasteiger partial charge in [0.05, 0.1) is 0 Å². The van der Waals surface area contributed by atoms with Crippen molar-refractivity contribution in [1.29, 1.82) is 0 Å². The van der Waals surface area contributed by atoms with Crippen LogP contribution < -0.4 is 0 Å². The van der Waals surface area contributed by atoms with Crippen LogP contribution in [0.15, 0.2) is 36.8 Å². The maximum atomic E-state index is 5.88. The highest BCUT2D eigenvalue weighted by molar-refractivity contribution is 5.20. The Kier molecular flexibility index (Phi) is 2.97. The molecule has 0 amide bonds. The number of allylic oxidation sites excluding steroid dienone is 1. The molecule has 0 aromatic heterocycles. The molecule has 3 aliphatic heterocycles. The van der Waals surface area contributed by atoms with Gasteiger partial charge in [-0.2, -0.15) is 0 Å². The Morgan fingerprint density at radius 1 is 1.15 bits per heavy atom. The number of hydrogen-bond donors (Lipinski definition) is 0. The summed E-state index contributed by atoms with van der Waals surface area (Å²) in [5, 5.41) is 0. The topological polar surface area (TPSA) is 46.2 Å². The summed E-state index contributed by atoms with van der Waals surface area (Å²) in [6, 6.07) is 0. The van der Waals surface area contributed by atoms with E-state index in [1.807, 2.05) is 20.8 Å². The molecule has 5 atom stereocenters. The fraction of sp³-hybridized carbons (Fsp3) is 0.600. The number of ether oxygens (including phenoxy) is 5. The van der Waals surface area contributed by atoms with Crippen LogP contribution in [-0.4, -0.2) is 36.5 Å². The largest absolute Gasteiger partial charge is 0.485 e. The minimum Gasteiger partial charge on any atom is -0.485 e. The molecule has 0 aromatic rings. The Labute approximate surface area is 118 Å². The van der Waals surface area contributed by atoms with Crippen molar-refractivity contribution in [2.45, 2.75) is 57.3 Å². The summed E-state index contributed by atoms with van der Waals surface area (Å²) in [6.07, 6.45) is -1.68. The second-order valence-electron chi connectivity index (χ2n) is 5.86. The molecule has 0 aliphatic carbocycles. The van der Waals surface area contributed by atoms with E-state index in [1.165, 1.54) is 0 Å². The lowest BCUT2D eigenvalue weighted by molar-refractivity contribution is -0.215. The first kappa shape index (κ1) is 13.7. The van der Waals surface area contributed by atoms with E-state index in [2.05, 4.69) is 19.7 Å². The zero-order valence-electron chi connectivity index (χ0n) is 12.0. The van der Waals surface area contributed by atoms with Crippen molar-refractivity contribution >= 4 is 0 Å². The van der Waals surface area contributed by atoms with Crippen molar-refractivity contribution in [3.05, 3.63) is 36.8 Å². The van der Waals surface area contributed by atoms with Gasteiger partial charge in [-0.15, -0.1) is 0 Å². The molecule has 3 rings (SSSR count). The second-order valence-corrected chi connectivity index (χ2v) is 5.86. The second kappa shape index (κ2) is 4.35. The molecule has 3 saturated heterocycles. The predicted octanol–water partition coefficient (Wildman–Crippen LogP) is 2.25. The van der Waals surface area contributed by atoms with Gasteiger partial charge >= 0.3 is 0 Å². The molecule has 5 nitrogen and oxygen atoms in total. The van der Waals surface area contributed by atoms with Gasteiger partial charge in [-0.05, 0) is 26.3 Å². The third-order valence-electron chi connectivity index (χ3n) is 3.68. The van der Waals surface area contributed by atoms with Crippen molar-refractivity contribution < 1.29 is 23.7 Å². The summed E-state index contributed by atoms with van der Waals surface area (Å²) in [7, 11) is 0. The molecule has 3 aliphatic rings. The van der Waals surface area contributed by atoms with Crippen LogP contribution in [0.5, 0.6) is 0 Å². The van der Waals surface area contributed by atoms with Gasteiger partial charge in [0.1, 0.15) is 17.6 Å². The van der Waals surface area contributed by atoms with E-state index >= 15 is 0 Å². The molecule has 20 heavy (non-hydrogen) atoms. The van der Waals surface area contributed by atoms with Gasteiger partial charge in [-0.1, -0.05) is 19.7 Å². The molecular formula is C15H20O5. The molecular weight excluding hydrogens is 260 g/mol. The Hall–Kier alpha value is -1.30. The third-order valence-corrected chi connectivity index (χ3v) is 3.68. The van der Waals surface area contributed by atoms with Crippen molar-refractivity contribution in [2.75, 3.05) is 0 Å². The molecule has 0 N–H and O–H groups in total. The quantitative estimate of drug-likeness (QED) is 0.586. The summed E-state index contributed by atoms with van der Waals surface area (Å²) in [6.45, 7) is 17.0. The predicted molar refractivity (Wildman–Crippen MR) is 71.5 cm³/mol. The molecule has 1 unspecified atom stereocenters. The van der Waals surface area contributed by atoms with Crippen LogP contribution in [0.1, 0.15) is 20.8 Å². The fourth-order valence-corrected chi connectivity index (χ4v) is 2.69. The number of fused-ring (bicyclic) bond motifs is 3. The van der Waals surface area contributed by atoms with Crippen LogP contribution in [0.2, 0.25) is 0 Å². The van der Waals surface area contributed by atoms with E-state index in [1.54, 1.807) is 0 Å². The Morgan fingerprint density at radius 2 is 1.85 bits per heavy atom. The SMILES string of the molecule is C=C(C)C(=C)OC1C(=C)O[C@@H]2[C@H]3OC(C)(C)O[C@H]3O[C@H]12. The van der Waals surface area contributed by atoms with Crippen LogP contribution >= 0.6 is 0 Å². The maximum Gasteiger partial charge on any atom is 0.191 e. The zero-order chi connectivity index (χ0) is 14.7. The summed E-state index contributed by atoms with van der Waals surface area (Å²) in [5.74, 6) is 0.364.